The first-order chi connectivity index (χ1) is 11.7. The number of hydrogen-bond donors (Lipinski definition) is 0. The van der Waals surface area contributed by atoms with Gasteiger partial charge in [-0.1, -0.05) is 48.5 Å². The van der Waals surface area contributed by atoms with Crippen molar-refractivity contribution in [3.63, 3.8) is 0 Å². The molecule has 0 saturated carbocycles. The molecule has 0 bridgehead atoms. The van der Waals surface area contributed by atoms with E-state index >= 15 is 0 Å². The summed E-state index contributed by atoms with van der Waals surface area (Å²) in [6, 6.07) is 18.5. The highest BCUT2D eigenvalue weighted by atomic mass is 35.5. The maximum absolute atomic E-state index is 12.8. The van der Waals surface area contributed by atoms with Crippen molar-refractivity contribution >= 4 is 35.1 Å². The van der Waals surface area contributed by atoms with Gasteiger partial charge in [0.05, 0.1) is 13.2 Å². The Hall–Kier alpha value is -2.66. The van der Waals surface area contributed by atoms with Crippen molar-refractivity contribution in [2.45, 2.75) is 13.5 Å². The van der Waals surface area contributed by atoms with Gasteiger partial charge in [-0.2, -0.15) is 4.51 Å². The van der Waals surface area contributed by atoms with Gasteiger partial charge in [-0.15, -0.1) is 0 Å². The quantitative estimate of drug-likeness (QED) is 0.458. The lowest BCUT2D eigenvalue weighted by Crippen LogP contribution is -2.40. The van der Waals surface area contributed by atoms with E-state index < -0.39 is 17.6 Å². The molecule has 2 rings (SSSR count). The van der Waals surface area contributed by atoms with Gasteiger partial charge >= 0.3 is 5.97 Å². The van der Waals surface area contributed by atoms with E-state index in [1.54, 1.807) is 19.1 Å². The zero-order chi connectivity index (χ0) is 17.4. The van der Waals surface area contributed by atoms with Gasteiger partial charge in [-0.05, 0) is 24.6 Å². The predicted octanol–water partition coefficient (Wildman–Crippen LogP) is 3.38. The normalized spacial score (nSPS) is 11.0. The van der Waals surface area contributed by atoms with Gasteiger partial charge in [0.25, 0.3) is 5.91 Å². The Morgan fingerprint density at radius 2 is 1.62 bits per heavy atom. The third kappa shape index (κ3) is 4.43. The van der Waals surface area contributed by atoms with Crippen molar-refractivity contribution < 1.29 is 14.3 Å². The molecule has 0 unspecified atom stereocenters. The minimum absolute atomic E-state index is 0.131. The maximum Gasteiger partial charge on any atom is 0.363 e. The average molecular weight is 345 g/mol. The lowest BCUT2D eigenvalue weighted by Gasteiger charge is -2.23. The summed E-state index contributed by atoms with van der Waals surface area (Å²) < 4.78 is 8.17. The highest BCUT2D eigenvalue weighted by Gasteiger charge is 2.28. The molecule has 0 atom stereocenters. The number of amides is 1. The van der Waals surface area contributed by atoms with Crippen LogP contribution < -0.4 is 4.90 Å². The van der Waals surface area contributed by atoms with E-state index in [2.05, 4.69) is 4.51 Å². The molecule has 2 aromatic carbocycles. The molecule has 1 amide bonds. The second-order valence-electron chi connectivity index (χ2n) is 4.87. The molecule has 0 aliphatic heterocycles. The molecule has 24 heavy (non-hydrogen) atoms. The number of hydrogen-bond acceptors (Lipinski definition) is 4. The van der Waals surface area contributed by atoms with Crippen LogP contribution in [0.1, 0.15) is 12.5 Å². The van der Waals surface area contributed by atoms with E-state index in [1.807, 2.05) is 48.5 Å². The van der Waals surface area contributed by atoms with Crippen LogP contribution in [0.15, 0.2) is 65.2 Å². The number of ether oxygens (including phenoxy) is 1. The summed E-state index contributed by atoms with van der Waals surface area (Å²) in [7, 11) is 0. The molecule has 6 heteroatoms. The van der Waals surface area contributed by atoms with Gasteiger partial charge in [0.15, 0.2) is 0 Å². The Bertz CT molecular complexity index is 718. The van der Waals surface area contributed by atoms with E-state index in [0.717, 1.165) is 5.56 Å². The predicted molar refractivity (Wildman–Crippen MR) is 94.0 cm³/mol. The molecule has 0 aliphatic carbocycles. The van der Waals surface area contributed by atoms with Gasteiger partial charge in [0.1, 0.15) is 0 Å². The molecule has 0 fully saturated rings. The van der Waals surface area contributed by atoms with Crippen LogP contribution in [-0.4, -0.2) is 24.2 Å². The molecule has 0 spiro atoms. The molecule has 0 aliphatic rings. The summed E-state index contributed by atoms with van der Waals surface area (Å²) in [4.78, 5) is 26.2. The molecule has 0 radical (unpaired) electrons. The van der Waals surface area contributed by atoms with E-state index in [1.165, 1.54) is 4.90 Å². The standard InChI is InChI=1S/C18H17ClN2O3/c1-2-24-18(23)16(20-19)17(22)21(15-11-7-4-8-12-15)13-14-9-5-3-6-10-14/h3-12H,2,13H2,1H3/b20-16-. The lowest BCUT2D eigenvalue weighted by atomic mass is 10.1. The Labute approximate surface area is 145 Å². The SMILES string of the molecule is CCOC(=O)/C(=N\Cl)C(=O)N(Cc1ccccc1)c1ccccc1. The first-order valence-corrected chi connectivity index (χ1v) is 7.78. The number of nitrogens with zero attached hydrogens (tertiary/aromatic N) is 2. The van der Waals surface area contributed by atoms with Crippen molar-refractivity contribution in [2.75, 3.05) is 11.5 Å². The average Bonchev–Trinajstić information content (AvgIpc) is 2.62. The molecule has 0 N–H and O–H groups in total. The minimum atomic E-state index is -0.841. The number of carbonyl (C=O) groups is 2. The highest BCUT2D eigenvalue weighted by Crippen LogP contribution is 2.18. The summed E-state index contributed by atoms with van der Waals surface area (Å²) in [5, 5.41) is 0. The number of halogens is 1. The number of benzene rings is 2. The first-order valence-electron chi connectivity index (χ1n) is 7.44. The van der Waals surface area contributed by atoms with E-state index in [0.29, 0.717) is 5.69 Å². The summed E-state index contributed by atoms with van der Waals surface area (Å²) in [5.41, 5.74) is 1.10. The Morgan fingerprint density at radius 1 is 1.04 bits per heavy atom. The van der Waals surface area contributed by atoms with Crippen LogP contribution in [0.4, 0.5) is 5.69 Å². The molecule has 5 nitrogen and oxygen atoms in total. The molecular formula is C18H17ClN2O3. The zero-order valence-electron chi connectivity index (χ0n) is 13.2. The third-order valence-electron chi connectivity index (χ3n) is 3.25. The van der Waals surface area contributed by atoms with Crippen LogP contribution in [0.3, 0.4) is 0 Å². The summed E-state index contributed by atoms with van der Waals surface area (Å²) in [5.74, 6) is -1.45. The smallest absolute Gasteiger partial charge is 0.363 e. The fourth-order valence-electron chi connectivity index (χ4n) is 2.14. The monoisotopic (exact) mass is 344 g/mol. The molecule has 0 aromatic heterocycles. The van der Waals surface area contributed by atoms with Crippen LogP contribution in [0.2, 0.25) is 0 Å². The van der Waals surface area contributed by atoms with E-state index in [9.17, 15) is 9.59 Å². The molecule has 2 aromatic rings. The second kappa shape index (κ2) is 8.84. The Kier molecular flexibility index (Phi) is 6.51. The molecule has 124 valence electrons. The van der Waals surface area contributed by atoms with Crippen molar-refractivity contribution in [3.05, 3.63) is 66.2 Å². The van der Waals surface area contributed by atoms with Crippen molar-refractivity contribution in [1.29, 1.82) is 0 Å². The maximum atomic E-state index is 12.8. The van der Waals surface area contributed by atoms with E-state index in [-0.39, 0.29) is 13.2 Å². The highest BCUT2D eigenvalue weighted by molar-refractivity contribution is 6.68. The van der Waals surface area contributed by atoms with Crippen molar-refractivity contribution in [3.8, 4) is 0 Å². The fraction of sp³-hybridized carbons (Fsp3) is 0.167. The summed E-state index contributed by atoms with van der Waals surface area (Å²) in [6.45, 7) is 2.05. The first kappa shape index (κ1) is 17.7. The fourth-order valence-corrected chi connectivity index (χ4v) is 2.28. The van der Waals surface area contributed by atoms with Crippen LogP contribution in [-0.2, 0) is 20.9 Å². The second-order valence-corrected chi connectivity index (χ2v) is 5.04. The van der Waals surface area contributed by atoms with Gasteiger partial charge in [0, 0.05) is 17.5 Å². The summed E-state index contributed by atoms with van der Waals surface area (Å²) >= 11 is 5.47. The van der Waals surface area contributed by atoms with Crippen LogP contribution in [0.25, 0.3) is 0 Å². The third-order valence-corrected chi connectivity index (χ3v) is 3.42. The molecular weight excluding hydrogens is 328 g/mol. The molecule has 0 saturated heterocycles. The lowest BCUT2D eigenvalue weighted by molar-refractivity contribution is -0.135. The Balaban J connectivity index is 2.35. The van der Waals surface area contributed by atoms with Gasteiger partial charge in [0.2, 0.25) is 5.71 Å². The topological polar surface area (TPSA) is 59.0 Å². The largest absolute Gasteiger partial charge is 0.461 e. The van der Waals surface area contributed by atoms with Gasteiger partial charge < -0.3 is 9.64 Å². The van der Waals surface area contributed by atoms with Gasteiger partial charge in [-0.3, -0.25) is 4.79 Å². The van der Waals surface area contributed by atoms with Crippen LogP contribution in [0.5, 0.6) is 0 Å². The zero-order valence-corrected chi connectivity index (χ0v) is 13.9. The van der Waals surface area contributed by atoms with Crippen molar-refractivity contribution in [2.24, 2.45) is 4.51 Å². The number of para-hydroxylation sites is 1. The van der Waals surface area contributed by atoms with Crippen molar-refractivity contribution in [1.82, 2.24) is 0 Å². The number of anilines is 1. The number of rotatable bonds is 6. The Morgan fingerprint density at radius 3 is 2.17 bits per heavy atom. The minimum Gasteiger partial charge on any atom is -0.461 e. The number of esters is 1. The number of carbonyl (C=O) groups excluding carboxylic acids is 2. The van der Waals surface area contributed by atoms with Crippen LogP contribution >= 0.6 is 11.8 Å². The molecule has 0 heterocycles. The van der Waals surface area contributed by atoms with E-state index in [4.69, 9.17) is 16.5 Å². The van der Waals surface area contributed by atoms with Gasteiger partial charge in [-0.25, -0.2) is 4.79 Å². The van der Waals surface area contributed by atoms with Crippen LogP contribution in [0, 0.1) is 0 Å². The summed E-state index contributed by atoms with van der Waals surface area (Å²) in [6.07, 6.45) is 0.